The molecular weight excluding hydrogens is 294 g/mol. The van der Waals surface area contributed by atoms with E-state index in [0.717, 1.165) is 12.6 Å². The quantitative estimate of drug-likeness (QED) is 0.796. The van der Waals surface area contributed by atoms with Crippen LogP contribution < -0.4 is 10.5 Å². The van der Waals surface area contributed by atoms with Gasteiger partial charge in [-0.1, -0.05) is 79.2 Å². The highest BCUT2D eigenvalue weighted by Crippen LogP contribution is 2.32. The number of rotatable bonds is 5. The van der Waals surface area contributed by atoms with Gasteiger partial charge in [0.2, 0.25) is 0 Å². The van der Waals surface area contributed by atoms with E-state index in [1.807, 2.05) is 0 Å². The SMILES string of the molecule is CC(C)(C)CC1=C([SiH](CNC(C)(C)C)c2ccccc2)CC=C1. The van der Waals surface area contributed by atoms with Gasteiger partial charge in [0.05, 0.1) is 0 Å². The molecule has 0 heterocycles. The van der Waals surface area contributed by atoms with Gasteiger partial charge >= 0.3 is 0 Å². The maximum absolute atomic E-state index is 3.78. The van der Waals surface area contributed by atoms with Crippen molar-refractivity contribution in [2.24, 2.45) is 5.41 Å². The number of nitrogens with one attached hydrogen (secondary N) is 1. The first-order valence-electron chi connectivity index (χ1n) is 8.84. The van der Waals surface area contributed by atoms with Gasteiger partial charge in [0.1, 0.15) is 8.80 Å². The number of hydrogen-bond acceptors (Lipinski definition) is 1. The molecule has 0 bridgehead atoms. The molecule has 0 amide bonds. The standard InChI is InChI=1S/C21H33NSi/c1-20(2,3)15-17-11-10-14-19(17)23(16-22-21(4,5)6)18-12-8-7-9-13-18/h7-13,22-23H,14-16H2,1-6H3. The summed E-state index contributed by atoms with van der Waals surface area (Å²) in [6, 6.07) is 11.2. The van der Waals surface area contributed by atoms with Crippen LogP contribution in [-0.4, -0.2) is 20.5 Å². The Morgan fingerprint density at radius 1 is 1.00 bits per heavy atom. The molecule has 0 aliphatic heterocycles. The third kappa shape index (κ3) is 5.78. The lowest BCUT2D eigenvalue weighted by Crippen LogP contribution is -2.48. The minimum Gasteiger partial charge on any atom is -0.314 e. The van der Waals surface area contributed by atoms with Gasteiger partial charge in [0.15, 0.2) is 0 Å². The molecule has 1 unspecified atom stereocenters. The molecule has 0 fully saturated rings. The summed E-state index contributed by atoms with van der Waals surface area (Å²) >= 11 is 0. The molecule has 0 saturated carbocycles. The lowest BCUT2D eigenvalue weighted by molar-refractivity contribution is 0.413. The Balaban J connectivity index is 2.31. The van der Waals surface area contributed by atoms with Crippen LogP contribution in [0.1, 0.15) is 54.4 Å². The molecule has 0 aromatic heterocycles. The van der Waals surface area contributed by atoms with Crippen LogP contribution in [0.15, 0.2) is 53.3 Å². The third-order valence-corrected chi connectivity index (χ3v) is 7.50. The molecule has 0 radical (unpaired) electrons. The summed E-state index contributed by atoms with van der Waals surface area (Å²) in [5, 5.41) is 7.08. The monoisotopic (exact) mass is 327 g/mol. The van der Waals surface area contributed by atoms with Crippen LogP contribution >= 0.6 is 0 Å². The summed E-state index contributed by atoms with van der Waals surface area (Å²) < 4.78 is 0. The molecule has 0 saturated heterocycles. The first-order chi connectivity index (χ1) is 10.7. The van der Waals surface area contributed by atoms with Crippen LogP contribution in [0, 0.1) is 5.41 Å². The van der Waals surface area contributed by atoms with E-state index >= 15 is 0 Å². The van der Waals surface area contributed by atoms with Crippen molar-refractivity contribution >= 4 is 14.0 Å². The Hall–Kier alpha value is -1.12. The van der Waals surface area contributed by atoms with Crippen LogP contribution in [-0.2, 0) is 0 Å². The van der Waals surface area contributed by atoms with Gasteiger partial charge in [-0.25, -0.2) is 0 Å². The largest absolute Gasteiger partial charge is 0.314 e. The van der Waals surface area contributed by atoms with Crippen LogP contribution in [0.2, 0.25) is 0 Å². The smallest absolute Gasteiger partial charge is 0.112 e. The second kappa shape index (κ2) is 7.19. The van der Waals surface area contributed by atoms with Gasteiger partial charge in [-0.3, -0.25) is 0 Å². The summed E-state index contributed by atoms with van der Waals surface area (Å²) in [7, 11) is -1.19. The first kappa shape index (κ1) is 18.2. The molecule has 1 aliphatic rings. The molecular formula is C21H33NSi. The molecule has 1 aromatic rings. The molecule has 1 atom stereocenters. The summed E-state index contributed by atoms with van der Waals surface area (Å²) in [4.78, 5) is 0. The van der Waals surface area contributed by atoms with Crippen molar-refractivity contribution in [3.05, 3.63) is 53.3 Å². The Kier molecular flexibility index (Phi) is 5.69. The van der Waals surface area contributed by atoms with E-state index in [4.69, 9.17) is 0 Å². The van der Waals surface area contributed by atoms with Gasteiger partial charge in [-0.05, 0) is 45.2 Å². The van der Waals surface area contributed by atoms with Crippen LogP contribution in [0.4, 0.5) is 0 Å². The second-order valence-electron chi connectivity index (χ2n) is 8.99. The van der Waals surface area contributed by atoms with Crippen molar-refractivity contribution < 1.29 is 0 Å². The number of benzene rings is 1. The van der Waals surface area contributed by atoms with E-state index in [1.165, 1.54) is 6.42 Å². The third-order valence-electron chi connectivity index (χ3n) is 4.25. The highest BCUT2D eigenvalue weighted by molar-refractivity contribution is 6.80. The van der Waals surface area contributed by atoms with E-state index in [9.17, 15) is 0 Å². The molecule has 1 N–H and O–H groups in total. The van der Waals surface area contributed by atoms with Gasteiger partial charge in [0, 0.05) is 5.54 Å². The zero-order valence-corrected chi connectivity index (χ0v) is 16.9. The lowest BCUT2D eigenvalue weighted by atomic mass is 9.88. The van der Waals surface area contributed by atoms with Crippen LogP contribution in [0.3, 0.4) is 0 Å². The predicted molar refractivity (Wildman–Crippen MR) is 106 cm³/mol. The zero-order chi connectivity index (χ0) is 17.1. The zero-order valence-electron chi connectivity index (χ0n) is 15.7. The maximum Gasteiger partial charge on any atom is 0.112 e. The predicted octanol–water partition coefficient (Wildman–Crippen LogP) is 4.28. The molecule has 0 spiro atoms. The maximum atomic E-state index is 3.78. The summed E-state index contributed by atoms with van der Waals surface area (Å²) in [5.41, 5.74) is 2.13. The van der Waals surface area contributed by atoms with Crippen molar-refractivity contribution in [3.8, 4) is 0 Å². The van der Waals surface area contributed by atoms with Gasteiger partial charge in [0.25, 0.3) is 0 Å². The summed E-state index contributed by atoms with van der Waals surface area (Å²) in [5.74, 6) is 0. The molecule has 1 aromatic carbocycles. The Labute approximate surface area is 144 Å². The van der Waals surface area contributed by atoms with Crippen molar-refractivity contribution in [1.29, 1.82) is 0 Å². The van der Waals surface area contributed by atoms with Crippen molar-refractivity contribution in [3.63, 3.8) is 0 Å². The number of allylic oxidation sites excluding steroid dienone is 4. The van der Waals surface area contributed by atoms with Gasteiger partial charge in [-0.15, -0.1) is 0 Å². The topological polar surface area (TPSA) is 12.0 Å². The molecule has 126 valence electrons. The highest BCUT2D eigenvalue weighted by Gasteiger charge is 2.26. The molecule has 2 rings (SSSR count). The van der Waals surface area contributed by atoms with E-state index in [-0.39, 0.29) is 5.54 Å². The molecule has 1 nitrogen and oxygen atoms in total. The highest BCUT2D eigenvalue weighted by atomic mass is 28.3. The van der Waals surface area contributed by atoms with Gasteiger partial charge < -0.3 is 5.32 Å². The van der Waals surface area contributed by atoms with Crippen LogP contribution in [0.5, 0.6) is 0 Å². The van der Waals surface area contributed by atoms with Crippen molar-refractivity contribution in [2.75, 3.05) is 6.17 Å². The minimum atomic E-state index is -1.19. The van der Waals surface area contributed by atoms with E-state index in [1.54, 1.807) is 16.0 Å². The van der Waals surface area contributed by atoms with Crippen LogP contribution in [0.25, 0.3) is 0 Å². The average molecular weight is 328 g/mol. The second-order valence-corrected chi connectivity index (χ2v) is 11.9. The lowest BCUT2D eigenvalue weighted by Gasteiger charge is -2.28. The normalized spacial score (nSPS) is 17.0. The Morgan fingerprint density at radius 2 is 1.65 bits per heavy atom. The Bertz CT molecular complexity index is 570. The average Bonchev–Trinajstić information content (AvgIpc) is 2.85. The van der Waals surface area contributed by atoms with E-state index in [0.29, 0.717) is 5.41 Å². The summed E-state index contributed by atoms with van der Waals surface area (Å²) in [6.07, 6.45) is 8.24. The van der Waals surface area contributed by atoms with E-state index < -0.39 is 8.80 Å². The molecule has 23 heavy (non-hydrogen) atoms. The van der Waals surface area contributed by atoms with E-state index in [2.05, 4.69) is 89.3 Å². The fraction of sp³-hybridized carbons (Fsp3) is 0.524. The number of hydrogen-bond donors (Lipinski definition) is 1. The summed E-state index contributed by atoms with van der Waals surface area (Å²) in [6.45, 7) is 13.8. The minimum absolute atomic E-state index is 0.177. The first-order valence-corrected chi connectivity index (χ1v) is 10.8. The fourth-order valence-corrected chi connectivity index (χ4v) is 6.67. The van der Waals surface area contributed by atoms with Gasteiger partial charge in [-0.2, -0.15) is 0 Å². The fourth-order valence-electron chi connectivity index (χ4n) is 3.21. The Morgan fingerprint density at radius 3 is 2.22 bits per heavy atom. The molecule has 2 heteroatoms. The molecule has 1 aliphatic carbocycles. The van der Waals surface area contributed by atoms with Crippen molar-refractivity contribution in [2.45, 2.75) is 59.9 Å². The van der Waals surface area contributed by atoms with Crippen molar-refractivity contribution in [1.82, 2.24) is 5.32 Å².